The van der Waals surface area contributed by atoms with Crippen LogP contribution in [-0.2, 0) is 4.79 Å². The van der Waals surface area contributed by atoms with Crippen molar-refractivity contribution in [1.29, 1.82) is 0 Å². The van der Waals surface area contributed by atoms with E-state index in [4.69, 9.17) is 0 Å². The average molecular weight is 265 g/mol. The fourth-order valence-electron chi connectivity index (χ4n) is 2.27. The number of hydrogen-bond acceptors (Lipinski definition) is 3. The third-order valence-electron chi connectivity index (χ3n) is 3.34. The molecule has 1 heterocycles. The summed E-state index contributed by atoms with van der Waals surface area (Å²) in [6, 6.07) is 7.50. The number of nitrogens with zero attached hydrogens (tertiary/aromatic N) is 1. The molecular formula is C14H19NO2S. The van der Waals surface area contributed by atoms with Crippen LogP contribution >= 0.6 is 11.8 Å². The molecule has 1 fully saturated rings. The van der Waals surface area contributed by atoms with Gasteiger partial charge in [0.15, 0.2) is 0 Å². The summed E-state index contributed by atoms with van der Waals surface area (Å²) in [5.41, 5.74) is 0. The summed E-state index contributed by atoms with van der Waals surface area (Å²) in [6.07, 6.45) is 3.43. The van der Waals surface area contributed by atoms with Gasteiger partial charge in [0.2, 0.25) is 5.91 Å². The van der Waals surface area contributed by atoms with Crippen LogP contribution in [0.3, 0.4) is 0 Å². The van der Waals surface area contributed by atoms with Crippen molar-refractivity contribution in [2.45, 2.75) is 37.1 Å². The van der Waals surface area contributed by atoms with Gasteiger partial charge in [-0.05, 0) is 38.3 Å². The maximum atomic E-state index is 12.1. The van der Waals surface area contributed by atoms with Crippen LogP contribution in [0.25, 0.3) is 0 Å². The lowest BCUT2D eigenvalue weighted by atomic mass is 10.0. The standard InChI is InChI=1S/C14H19NO2S/c1-11-6-4-5-9-15(11)14(17)10-18-13-8-3-2-7-12(13)16/h2-3,7-8,11,16H,4-6,9-10H2,1H3. The number of phenols is 1. The molecule has 2 rings (SSSR count). The normalized spacial score (nSPS) is 19.8. The molecule has 3 nitrogen and oxygen atoms in total. The van der Waals surface area contributed by atoms with Gasteiger partial charge in [-0.15, -0.1) is 11.8 Å². The van der Waals surface area contributed by atoms with Crippen LogP contribution in [0.15, 0.2) is 29.2 Å². The lowest BCUT2D eigenvalue weighted by Crippen LogP contribution is -2.42. The third-order valence-corrected chi connectivity index (χ3v) is 4.39. The SMILES string of the molecule is CC1CCCCN1C(=O)CSc1ccccc1O. The van der Waals surface area contributed by atoms with Crippen molar-refractivity contribution in [2.75, 3.05) is 12.3 Å². The molecule has 98 valence electrons. The van der Waals surface area contributed by atoms with Gasteiger partial charge >= 0.3 is 0 Å². The maximum Gasteiger partial charge on any atom is 0.233 e. The van der Waals surface area contributed by atoms with Crippen molar-refractivity contribution in [2.24, 2.45) is 0 Å². The summed E-state index contributed by atoms with van der Waals surface area (Å²) in [6.45, 7) is 2.99. The molecule has 1 amide bonds. The van der Waals surface area contributed by atoms with Crippen LogP contribution in [0.1, 0.15) is 26.2 Å². The third kappa shape index (κ3) is 3.19. The second-order valence-corrected chi connectivity index (χ2v) is 5.71. The highest BCUT2D eigenvalue weighted by atomic mass is 32.2. The number of phenolic OH excluding ortho intramolecular Hbond substituents is 1. The number of benzene rings is 1. The molecule has 1 aliphatic rings. The average Bonchev–Trinajstić information content (AvgIpc) is 2.38. The maximum absolute atomic E-state index is 12.1. The van der Waals surface area contributed by atoms with E-state index in [1.807, 2.05) is 17.0 Å². The topological polar surface area (TPSA) is 40.5 Å². The molecule has 0 spiro atoms. The fraction of sp³-hybridized carbons (Fsp3) is 0.500. The molecular weight excluding hydrogens is 246 g/mol. The van der Waals surface area contributed by atoms with Crippen molar-refractivity contribution >= 4 is 17.7 Å². The van der Waals surface area contributed by atoms with Gasteiger partial charge < -0.3 is 10.0 Å². The molecule has 0 saturated carbocycles. The number of carbonyl (C=O) groups excluding carboxylic acids is 1. The van der Waals surface area contributed by atoms with Gasteiger partial charge in [-0.25, -0.2) is 0 Å². The number of thioether (sulfide) groups is 1. The van der Waals surface area contributed by atoms with Gasteiger partial charge in [0.1, 0.15) is 5.75 Å². The summed E-state index contributed by atoms with van der Waals surface area (Å²) in [5.74, 6) is 0.833. The minimum atomic E-state index is 0.176. The highest BCUT2D eigenvalue weighted by Crippen LogP contribution is 2.28. The first-order valence-electron chi connectivity index (χ1n) is 6.39. The summed E-state index contributed by atoms with van der Waals surface area (Å²) in [7, 11) is 0. The summed E-state index contributed by atoms with van der Waals surface area (Å²) < 4.78 is 0. The molecule has 1 saturated heterocycles. The van der Waals surface area contributed by atoms with Crippen LogP contribution < -0.4 is 0 Å². The number of likely N-dealkylation sites (tertiary alicyclic amines) is 1. The molecule has 1 atom stereocenters. The lowest BCUT2D eigenvalue weighted by molar-refractivity contribution is -0.131. The molecule has 1 aliphatic heterocycles. The van der Waals surface area contributed by atoms with E-state index in [2.05, 4.69) is 6.92 Å². The Kier molecular flexibility index (Phi) is 4.53. The summed E-state index contributed by atoms with van der Waals surface area (Å²) in [5, 5.41) is 9.64. The Hall–Kier alpha value is -1.16. The lowest BCUT2D eigenvalue weighted by Gasteiger charge is -2.33. The van der Waals surface area contributed by atoms with Gasteiger partial charge in [0.05, 0.1) is 5.75 Å². The highest BCUT2D eigenvalue weighted by Gasteiger charge is 2.23. The van der Waals surface area contributed by atoms with Crippen molar-refractivity contribution in [3.05, 3.63) is 24.3 Å². The van der Waals surface area contributed by atoms with Crippen LogP contribution in [0.5, 0.6) is 5.75 Å². The van der Waals surface area contributed by atoms with E-state index in [-0.39, 0.29) is 11.7 Å². The number of piperidine rings is 1. The predicted octanol–water partition coefficient (Wildman–Crippen LogP) is 2.89. The fourth-order valence-corrected chi connectivity index (χ4v) is 3.11. The Bertz CT molecular complexity index is 422. The molecule has 4 heteroatoms. The van der Waals surface area contributed by atoms with Crippen molar-refractivity contribution in [1.82, 2.24) is 4.90 Å². The van der Waals surface area contributed by atoms with Crippen molar-refractivity contribution < 1.29 is 9.90 Å². The summed E-state index contributed by atoms with van der Waals surface area (Å²) in [4.78, 5) is 14.9. The summed E-state index contributed by atoms with van der Waals surface area (Å²) >= 11 is 1.41. The first-order valence-corrected chi connectivity index (χ1v) is 7.37. The van der Waals surface area contributed by atoms with E-state index in [0.717, 1.165) is 24.3 Å². The number of aromatic hydroxyl groups is 1. The Morgan fingerprint density at radius 2 is 2.22 bits per heavy atom. The van der Waals surface area contributed by atoms with Gasteiger partial charge in [0.25, 0.3) is 0 Å². The largest absolute Gasteiger partial charge is 0.507 e. The number of para-hydroxylation sites is 1. The second kappa shape index (κ2) is 6.14. The smallest absolute Gasteiger partial charge is 0.233 e. The minimum Gasteiger partial charge on any atom is -0.507 e. The van der Waals surface area contributed by atoms with Gasteiger partial charge in [-0.1, -0.05) is 12.1 Å². The number of amides is 1. The highest BCUT2D eigenvalue weighted by molar-refractivity contribution is 8.00. The van der Waals surface area contributed by atoms with Crippen molar-refractivity contribution in [3.63, 3.8) is 0 Å². The Labute approximate surface area is 112 Å². The van der Waals surface area contributed by atoms with E-state index in [0.29, 0.717) is 11.8 Å². The molecule has 0 aliphatic carbocycles. The molecule has 1 N–H and O–H groups in total. The van der Waals surface area contributed by atoms with Crippen LogP contribution in [0, 0.1) is 0 Å². The van der Waals surface area contributed by atoms with Crippen molar-refractivity contribution in [3.8, 4) is 5.75 Å². The number of rotatable bonds is 3. The van der Waals surface area contributed by atoms with Gasteiger partial charge in [-0.3, -0.25) is 4.79 Å². The predicted molar refractivity (Wildman–Crippen MR) is 73.9 cm³/mol. The Morgan fingerprint density at radius 1 is 1.44 bits per heavy atom. The van der Waals surface area contributed by atoms with Crippen LogP contribution in [0.4, 0.5) is 0 Å². The zero-order chi connectivity index (χ0) is 13.0. The van der Waals surface area contributed by atoms with Crippen LogP contribution in [0.2, 0.25) is 0 Å². The molecule has 18 heavy (non-hydrogen) atoms. The molecule has 1 unspecified atom stereocenters. The molecule has 0 radical (unpaired) electrons. The molecule has 0 bridgehead atoms. The Balaban J connectivity index is 1.90. The zero-order valence-electron chi connectivity index (χ0n) is 10.6. The monoisotopic (exact) mass is 265 g/mol. The van der Waals surface area contributed by atoms with Crippen LogP contribution in [-0.4, -0.2) is 34.3 Å². The second-order valence-electron chi connectivity index (χ2n) is 4.69. The minimum absolute atomic E-state index is 0.176. The quantitative estimate of drug-likeness (QED) is 0.854. The number of hydrogen-bond donors (Lipinski definition) is 1. The van der Waals surface area contributed by atoms with E-state index >= 15 is 0 Å². The van der Waals surface area contributed by atoms with E-state index in [9.17, 15) is 9.90 Å². The van der Waals surface area contributed by atoms with Gasteiger partial charge in [0, 0.05) is 17.5 Å². The first kappa shape index (κ1) is 13.3. The van der Waals surface area contributed by atoms with Gasteiger partial charge in [-0.2, -0.15) is 0 Å². The Morgan fingerprint density at radius 3 is 2.94 bits per heavy atom. The molecule has 1 aromatic rings. The molecule has 1 aromatic carbocycles. The number of carbonyl (C=O) groups is 1. The molecule has 0 aromatic heterocycles. The van der Waals surface area contributed by atoms with E-state index in [1.165, 1.54) is 18.2 Å². The first-order chi connectivity index (χ1) is 8.68. The van der Waals surface area contributed by atoms with E-state index in [1.54, 1.807) is 12.1 Å². The van der Waals surface area contributed by atoms with E-state index < -0.39 is 0 Å². The zero-order valence-corrected chi connectivity index (χ0v) is 11.4.